The Balaban J connectivity index is 1.94. The van der Waals surface area contributed by atoms with Crippen LogP contribution in [-0.4, -0.2) is 29.1 Å². The van der Waals surface area contributed by atoms with Gasteiger partial charge in [0.15, 0.2) is 12.4 Å². The molecular formula is C23H19N3O3. The van der Waals surface area contributed by atoms with Crippen LogP contribution in [0.3, 0.4) is 0 Å². The smallest absolute Gasteiger partial charge is 0.339 e. The van der Waals surface area contributed by atoms with Crippen LogP contribution >= 0.6 is 0 Å². The average Bonchev–Trinajstić information content (AvgIpc) is 2.72. The third kappa shape index (κ3) is 4.36. The van der Waals surface area contributed by atoms with Gasteiger partial charge in [-0.15, -0.1) is 0 Å². The molecule has 1 atom stereocenters. The summed E-state index contributed by atoms with van der Waals surface area (Å²) >= 11 is 0. The zero-order chi connectivity index (χ0) is 21.0. The predicted octanol–water partition coefficient (Wildman–Crippen LogP) is 4.12. The summed E-state index contributed by atoms with van der Waals surface area (Å²) in [5.41, 5.74) is 3.43. The molecule has 29 heavy (non-hydrogen) atoms. The second-order valence-electron chi connectivity index (χ2n) is 6.73. The predicted molar refractivity (Wildman–Crippen MR) is 110 cm³/mol. The minimum Gasteiger partial charge on any atom is -0.454 e. The number of ketones is 1. The summed E-state index contributed by atoms with van der Waals surface area (Å²) in [5, 5.41) is 17.1. The molecule has 0 aliphatic rings. The first-order valence-corrected chi connectivity index (χ1v) is 9.02. The third-order valence-electron chi connectivity index (χ3n) is 4.51. The molecule has 1 aromatic heterocycles. The maximum atomic E-state index is 12.7. The van der Waals surface area contributed by atoms with Crippen LogP contribution in [0.4, 0.5) is 0 Å². The lowest BCUT2D eigenvalue weighted by Crippen LogP contribution is -2.25. The van der Waals surface area contributed by atoms with Gasteiger partial charge in [0.2, 0.25) is 0 Å². The molecule has 0 amide bonds. The van der Waals surface area contributed by atoms with Crippen LogP contribution in [-0.2, 0) is 9.53 Å². The van der Waals surface area contributed by atoms with Crippen LogP contribution in [0.25, 0.3) is 22.2 Å². The van der Waals surface area contributed by atoms with Gasteiger partial charge in [-0.25, -0.2) is 9.78 Å². The summed E-state index contributed by atoms with van der Waals surface area (Å²) in [5.74, 6) is -2.50. The van der Waals surface area contributed by atoms with E-state index < -0.39 is 24.3 Å². The Hall–Kier alpha value is -3.85. The van der Waals surface area contributed by atoms with Crippen LogP contribution in [0, 0.1) is 29.6 Å². The van der Waals surface area contributed by atoms with Crippen LogP contribution in [0.5, 0.6) is 0 Å². The van der Waals surface area contributed by atoms with Gasteiger partial charge in [-0.05, 0) is 26.0 Å². The summed E-state index contributed by atoms with van der Waals surface area (Å²) in [6.07, 6.45) is 0. The van der Waals surface area contributed by atoms with Gasteiger partial charge < -0.3 is 10.1 Å². The van der Waals surface area contributed by atoms with Crippen LogP contribution in [0.2, 0.25) is 0 Å². The van der Waals surface area contributed by atoms with Crippen molar-refractivity contribution in [2.45, 2.75) is 13.8 Å². The standard InChI is InChI=1S/C23H19N3O3/c1-14-7-9-16(10-8-14)21-11-18(17-5-3-4-6-20(17)26-21)23(28)29-13-22(27)19(12-24)15(2)25/h3-11,19,25H,13H2,1-2H3/t19-/m1/s1. The summed E-state index contributed by atoms with van der Waals surface area (Å²) in [6, 6.07) is 18.4. The third-order valence-corrected chi connectivity index (χ3v) is 4.51. The van der Waals surface area contributed by atoms with Crippen molar-refractivity contribution in [2.75, 3.05) is 6.61 Å². The lowest BCUT2D eigenvalue weighted by Gasteiger charge is -2.11. The quantitative estimate of drug-likeness (QED) is 0.508. The van der Waals surface area contributed by atoms with Crippen LogP contribution in [0.1, 0.15) is 22.8 Å². The SMILES string of the molecule is CC(=N)[C@@H](C#N)C(=O)COC(=O)c1cc(-c2ccc(C)cc2)nc2ccccc12. The van der Waals surface area contributed by atoms with E-state index in [1.54, 1.807) is 30.3 Å². The summed E-state index contributed by atoms with van der Waals surface area (Å²) in [7, 11) is 0. The number of fused-ring (bicyclic) bond motifs is 1. The minimum atomic E-state index is -1.21. The molecule has 0 aliphatic carbocycles. The number of aryl methyl sites for hydroxylation is 1. The number of esters is 1. The van der Waals surface area contributed by atoms with E-state index in [0.29, 0.717) is 22.2 Å². The number of ether oxygens (including phenoxy) is 1. The second-order valence-corrected chi connectivity index (χ2v) is 6.73. The molecule has 0 spiro atoms. The molecule has 0 unspecified atom stereocenters. The largest absolute Gasteiger partial charge is 0.454 e. The zero-order valence-electron chi connectivity index (χ0n) is 16.1. The fourth-order valence-corrected chi connectivity index (χ4v) is 2.92. The number of carbonyl (C=O) groups excluding carboxylic acids is 2. The van der Waals surface area contributed by atoms with E-state index in [1.165, 1.54) is 6.92 Å². The van der Waals surface area contributed by atoms with E-state index in [0.717, 1.165) is 11.1 Å². The Morgan fingerprint density at radius 3 is 2.52 bits per heavy atom. The maximum absolute atomic E-state index is 12.7. The number of para-hydroxylation sites is 1. The van der Waals surface area contributed by atoms with Crippen molar-refractivity contribution in [1.82, 2.24) is 4.98 Å². The molecule has 0 radical (unpaired) electrons. The van der Waals surface area contributed by atoms with Crippen molar-refractivity contribution in [1.29, 1.82) is 10.7 Å². The number of nitrogens with zero attached hydrogens (tertiary/aromatic N) is 2. The Kier molecular flexibility index (Phi) is 5.79. The highest BCUT2D eigenvalue weighted by Crippen LogP contribution is 2.25. The molecule has 3 rings (SSSR count). The first-order valence-electron chi connectivity index (χ1n) is 9.02. The lowest BCUT2D eigenvalue weighted by molar-refractivity contribution is -0.122. The number of benzene rings is 2. The summed E-state index contributed by atoms with van der Waals surface area (Å²) < 4.78 is 5.18. The Bertz CT molecular complexity index is 1140. The number of rotatable bonds is 6. The molecule has 1 N–H and O–H groups in total. The van der Waals surface area contributed by atoms with Crippen molar-refractivity contribution in [3.8, 4) is 17.3 Å². The monoisotopic (exact) mass is 385 g/mol. The highest BCUT2D eigenvalue weighted by atomic mass is 16.5. The van der Waals surface area contributed by atoms with Crippen LogP contribution < -0.4 is 0 Å². The molecule has 0 aliphatic heterocycles. The molecule has 0 saturated carbocycles. The van der Waals surface area contributed by atoms with Gasteiger partial charge in [0, 0.05) is 16.7 Å². The van der Waals surface area contributed by atoms with Gasteiger partial charge >= 0.3 is 5.97 Å². The number of aromatic nitrogens is 1. The van der Waals surface area contributed by atoms with E-state index in [1.807, 2.05) is 37.3 Å². The molecular weight excluding hydrogens is 366 g/mol. The number of pyridine rings is 1. The zero-order valence-corrected chi connectivity index (χ0v) is 16.1. The van der Waals surface area contributed by atoms with Crippen molar-refractivity contribution < 1.29 is 14.3 Å². The Morgan fingerprint density at radius 1 is 1.17 bits per heavy atom. The molecule has 0 bridgehead atoms. The average molecular weight is 385 g/mol. The number of Topliss-reactive ketones (excluding diaryl/α,β-unsaturated/α-hetero) is 1. The van der Waals surface area contributed by atoms with E-state index >= 15 is 0 Å². The number of hydrogen-bond donors (Lipinski definition) is 1. The first-order chi connectivity index (χ1) is 13.9. The molecule has 3 aromatic rings. The van der Waals surface area contributed by atoms with Crippen molar-refractivity contribution in [3.05, 3.63) is 65.7 Å². The van der Waals surface area contributed by atoms with Gasteiger partial charge in [0.05, 0.1) is 22.8 Å². The molecule has 6 heteroatoms. The fraction of sp³-hybridized carbons (Fsp3) is 0.174. The Labute approximate surface area is 168 Å². The lowest BCUT2D eigenvalue weighted by atomic mass is 10.0. The van der Waals surface area contributed by atoms with E-state index in [4.69, 9.17) is 15.4 Å². The summed E-state index contributed by atoms with van der Waals surface area (Å²) in [6.45, 7) is 2.80. The van der Waals surface area contributed by atoms with Gasteiger partial charge in [0.1, 0.15) is 5.92 Å². The maximum Gasteiger partial charge on any atom is 0.339 e. The van der Waals surface area contributed by atoms with E-state index in [-0.39, 0.29) is 5.71 Å². The normalized spacial score (nSPS) is 11.5. The molecule has 144 valence electrons. The highest BCUT2D eigenvalue weighted by molar-refractivity contribution is 6.08. The van der Waals surface area contributed by atoms with Crippen LogP contribution in [0.15, 0.2) is 54.6 Å². The van der Waals surface area contributed by atoms with Gasteiger partial charge in [-0.3, -0.25) is 4.79 Å². The number of nitrogens with one attached hydrogen (secondary N) is 1. The topological polar surface area (TPSA) is 104 Å². The van der Waals surface area contributed by atoms with Crippen molar-refractivity contribution >= 4 is 28.4 Å². The van der Waals surface area contributed by atoms with Gasteiger partial charge in [-0.1, -0.05) is 48.0 Å². The second kappa shape index (κ2) is 8.44. The fourth-order valence-electron chi connectivity index (χ4n) is 2.92. The molecule has 2 aromatic carbocycles. The van der Waals surface area contributed by atoms with Gasteiger partial charge in [0.25, 0.3) is 0 Å². The minimum absolute atomic E-state index is 0.0791. The molecule has 0 fully saturated rings. The van der Waals surface area contributed by atoms with Crippen molar-refractivity contribution in [3.63, 3.8) is 0 Å². The number of nitriles is 1. The van der Waals surface area contributed by atoms with Gasteiger partial charge in [-0.2, -0.15) is 5.26 Å². The first kappa shape index (κ1) is 19.9. The van der Waals surface area contributed by atoms with E-state index in [9.17, 15) is 9.59 Å². The molecule has 6 nitrogen and oxygen atoms in total. The number of hydrogen-bond acceptors (Lipinski definition) is 6. The molecule has 0 saturated heterocycles. The Morgan fingerprint density at radius 2 is 1.86 bits per heavy atom. The van der Waals surface area contributed by atoms with Crippen molar-refractivity contribution in [2.24, 2.45) is 5.92 Å². The number of carbonyl (C=O) groups is 2. The summed E-state index contributed by atoms with van der Waals surface area (Å²) in [4.78, 5) is 29.5. The van der Waals surface area contributed by atoms with E-state index in [2.05, 4.69) is 4.98 Å². The molecule has 1 heterocycles. The highest BCUT2D eigenvalue weighted by Gasteiger charge is 2.23.